The Hall–Kier alpha value is -0.160. The Morgan fingerprint density at radius 2 is 2.00 bits per heavy atom. The van der Waals surface area contributed by atoms with E-state index in [0.29, 0.717) is 6.04 Å². The lowest BCUT2D eigenvalue weighted by Crippen LogP contribution is -2.40. The first-order valence-corrected chi connectivity index (χ1v) is 7.91. The maximum Gasteiger partial charge on any atom is 0.0593 e. The molecule has 1 heterocycles. The average Bonchev–Trinajstić information content (AvgIpc) is 3.07. The minimum Gasteiger partial charge on any atom is -0.385 e. The van der Waals surface area contributed by atoms with Gasteiger partial charge in [0.25, 0.3) is 0 Å². The van der Waals surface area contributed by atoms with E-state index in [4.69, 9.17) is 9.47 Å². The van der Waals surface area contributed by atoms with Crippen molar-refractivity contribution in [2.75, 3.05) is 53.1 Å². The minimum atomic E-state index is 0.715. The number of nitrogens with zero attached hydrogens (tertiary/aromatic N) is 1. The summed E-state index contributed by atoms with van der Waals surface area (Å²) < 4.78 is 10.7. The summed E-state index contributed by atoms with van der Waals surface area (Å²) >= 11 is 0. The van der Waals surface area contributed by atoms with Crippen LogP contribution in [0.4, 0.5) is 0 Å². The van der Waals surface area contributed by atoms with Gasteiger partial charge in [0.2, 0.25) is 0 Å². The van der Waals surface area contributed by atoms with Gasteiger partial charge in [-0.25, -0.2) is 0 Å². The Bertz CT molecular complexity index is 228. The third kappa shape index (κ3) is 6.70. The van der Waals surface area contributed by atoms with Gasteiger partial charge in [0.1, 0.15) is 0 Å². The topological polar surface area (TPSA) is 33.7 Å². The number of ether oxygens (including phenoxy) is 2. The molecule has 1 unspecified atom stereocenters. The molecule has 0 aromatic heterocycles. The normalized spacial score (nSPS) is 23.4. The van der Waals surface area contributed by atoms with Gasteiger partial charge in [-0.1, -0.05) is 0 Å². The van der Waals surface area contributed by atoms with Crippen LogP contribution < -0.4 is 5.32 Å². The average molecular weight is 270 g/mol. The number of methoxy groups -OCH3 is 1. The Morgan fingerprint density at radius 1 is 1.11 bits per heavy atom. The van der Waals surface area contributed by atoms with Gasteiger partial charge in [-0.05, 0) is 44.6 Å². The highest BCUT2D eigenvalue weighted by molar-refractivity contribution is 4.82. The van der Waals surface area contributed by atoms with Gasteiger partial charge in [0, 0.05) is 46.0 Å². The lowest BCUT2D eigenvalue weighted by molar-refractivity contribution is 0.0806. The fourth-order valence-corrected chi connectivity index (χ4v) is 2.75. The highest BCUT2D eigenvalue weighted by Crippen LogP contribution is 2.29. The molecule has 1 N–H and O–H groups in total. The molecule has 0 aromatic rings. The predicted molar refractivity (Wildman–Crippen MR) is 77.5 cm³/mol. The third-order valence-electron chi connectivity index (χ3n) is 4.04. The minimum absolute atomic E-state index is 0.715. The van der Waals surface area contributed by atoms with Crippen LogP contribution in [0.1, 0.15) is 32.1 Å². The lowest BCUT2D eigenvalue weighted by atomic mass is 10.2. The summed E-state index contributed by atoms with van der Waals surface area (Å²) in [4.78, 5) is 2.61. The molecule has 0 spiro atoms. The largest absolute Gasteiger partial charge is 0.385 e. The first-order chi connectivity index (χ1) is 9.38. The van der Waals surface area contributed by atoms with Crippen molar-refractivity contribution < 1.29 is 9.47 Å². The second-order valence-corrected chi connectivity index (χ2v) is 5.95. The van der Waals surface area contributed by atoms with Crippen molar-refractivity contribution >= 4 is 0 Å². The zero-order valence-electron chi connectivity index (χ0n) is 12.4. The molecule has 1 saturated carbocycles. The van der Waals surface area contributed by atoms with Crippen molar-refractivity contribution in [3.8, 4) is 0 Å². The fourth-order valence-electron chi connectivity index (χ4n) is 2.75. The van der Waals surface area contributed by atoms with E-state index in [0.717, 1.165) is 38.7 Å². The molecule has 1 aliphatic heterocycles. The molecule has 0 bridgehead atoms. The van der Waals surface area contributed by atoms with Gasteiger partial charge in [-0.3, -0.25) is 4.90 Å². The van der Waals surface area contributed by atoms with Crippen LogP contribution in [0, 0.1) is 5.92 Å². The van der Waals surface area contributed by atoms with Gasteiger partial charge < -0.3 is 14.8 Å². The zero-order valence-corrected chi connectivity index (χ0v) is 12.4. The quantitative estimate of drug-likeness (QED) is 0.577. The molecule has 112 valence electrons. The van der Waals surface area contributed by atoms with Crippen LogP contribution in [0.25, 0.3) is 0 Å². The molecule has 0 aromatic carbocycles. The van der Waals surface area contributed by atoms with Gasteiger partial charge in [-0.15, -0.1) is 0 Å². The molecule has 0 amide bonds. The number of nitrogens with one attached hydrogen (secondary N) is 1. The fraction of sp³-hybridized carbons (Fsp3) is 1.00. The van der Waals surface area contributed by atoms with Crippen molar-refractivity contribution in [3.05, 3.63) is 0 Å². The Kier molecular flexibility index (Phi) is 7.14. The predicted octanol–water partition coefficient (Wildman–Crippen LogP) is 1.50. The van der Waals surface area contributed by atoms with E-state index in [1.807, 2.05) is 0 Å². The molecule has 4 nitrogen and oxygen atoms in total. The Balaban J connectivity index is 1.56. The summed E-state index contributed by atoms with van der Waals surface area (Å²) in [5, 5.41) is 3.60. The van der Waals surface area contributed by atoms with Crippen molar-refractivity contribution in [2.45, 2.75) is 38.1 Å². The molecule has 4 heteroatoms. The van der Waals surface area contributed by atoms with E-state index >= 15 is 0 Å². The maximum atomic E-state index is 5.69. The van der Waals surface area contributed by atoms with E-state index in [1.165, 1.54) is 45.3 Å². The molecule has 1 aliphatic carbocycles. The Morgan fingerprint density at radius 3 is 2.68 bits per heavy atom. The molecule has 19 heavy (non-hydrogen) atoms. The standard InChI is InChI=1S/C15H30N2O2/c1-18-9-3-10-19-11-8-17(12-14-5-6-14)13-15-4-2-7-16-15/h14-16H,2-13H2,1H3. The van der Waals surface area contributed by atoms with Gasteiger partial charge in [-0.2, -0.15) is 0 Å². The van der Waals surface area contributed by atoms with Crippen LogP contribution >= 0.6 is 0 Å². The number of hydrogen-bond acceptors (Lipinski definition) is 4. The molecule has 1 saturated heterocycles. The Labute approximate surface area is 117 Å². The summed E-state index contributed by atoms with van der Waals surface area (Å²) in [6.07, 6.45) is 6.56. The molecule has 2 rings (SSSR count). The van der Waals surface area contributed by atoms with Crippen molar-refractivity contribution in [3.63, 3.8) is 0 Å². The second kappa shape index (κ2) is 8.90. The lowest BCUT2D eigenvalue weighted by Gasteiger charge is -2.25. The van der Waals surface area contributed by atoms with E-state index in [9.17, 15) is 0 Å². The monoisotopic (exact) mass is 270 g/mol. The smallest absolute Gasteiger partial charge is 0.0593 e. The molecule has 1 atom stereocenters. The van der Waals surface area contributed by atoms with Crippen LogP contribution in [-0.4, -0.2) is 64.1 Å². The van der Waals surface area contributed by atoms with Crippen LogP contribution in [-0.2, 0) is 9.47 Å². The van der Waals surface area contributed by atoms with Gasteiger partial charge >= 0.3 is 0 Å². The molecule has 2 aliphatic rings. The van der Waals surface area contributed by atoms with Crippen LogP contribution in [0.5, 0.6) is 0 Å². The van der Waals surface area contributed by atoms with E-state index in [2.05, 4.69) is 10.2 Å². The third-order valence-corrected chi connectivity index (χ3v) is 4.04. The first-order valence-electron chi connectivity index (χ1n) is 7.91. The van der Waals surface area contributed by atoms with E-state index in [1.54, 1.807) is 7.11 Å². The summed E-state index contributed by atoms with van der Waals surface area (Å²) in [5.74, 6) is 0.967. The van der Waals surface area contributed by atoms with E-state index in [-0.39, 0.29) is 0 Å². The molecular formula is C15H30N2O2. The van der Waals surface area contributed by atoms with Crippen molar-refractivity contribution in [1.82, 2.24) is 10.2 Å². The summed E-state index contributed by atoms with van der Waals surface area (Å²) in [5.41, 5.74) is 0. The summed E-state index contributed by atoms with van der Waals surface area (Å²) in [7, 11) is 1.74. The van der Waals surface area contributed by atoms with E-state index < -0.39 is 0 Å². The van der Waals surface area contributed by atoms with Crippen molar-refractivity contribution in [2.24, 2.45) is 5.92 Å². The maximum absolute atomic E-state index is 5.69. The van der Waals surface area contributed by atoms with Crippen LogP contribution in [0.15, 0.2) is 0 Å². The second-order valence-electron chi connectivity index (χ2n) is 5.95. The zero-order chi connectivity index (χ0) is 13.3. The summed E-state index contributed by atoms with van der Waals surface area (Å²) in [6.45, 7) is 7.27. The van der Waals surface area contributed by atoms with Gasteiger partial charge in [0.15, 0.2) is 0 Å². The number of rotatable bonds is 11. The van der Waals surface area contributed by atoms with Crippen molar-refractivity contribution in [1.29, 1.82) is 0 Å². The van der Waals surface area contributed by atoms with Crippen LogP contribution in [0.2, 0.25) is 0 Å². The SMILES string of the molecule is COCCCOCCN(CC1CC1)CC1CCCN1. The number of hydrogen-bond donors (Lipinski definition) is 1. The first kappa shape index (κ1) is 15.2. The van der Waals surface area contributed by atoms with Gasteiger partial charge in [0.05, 0.1) is 6.61 Å². The molecule has 0 radical (unpaired) electrons. The highest BCUT2D eigenvalue weighted by Gasteiger charge is 2.26. The van der Waals surface area contributed by atoms with Crippen LogP contribution in [0.3, 0.4) is 0 Å². The molecule has 2 fully saturated rings. The summed E-state index contributed by atoms with van der Waals surface area (Å²) in [6, 6.07) is 0.715. The molecular weight excluding hydrogens is 240 g/mol. The highest BCUT2D eigenvalue weighted by atomic mass is 16.5.